The van der Waals surface area contributed by atoms with Crippen LogP contribution in [0.1, 0.15) is 32.7 Å². The van der Waals surface area contributed by atoms with Crippen molar-refractivity contribution in [3.05, 3.63) is 76.7 Å². The van der Waals surface area contributed by atoms with E-state index in [0.29, 0.717) is 35.4 Å². The van der Waals surface area contributed by atoms with Gasteiger partial charge in [0.05, 0.1) is 24.5 Å². The van der Waals surface area contributed by atoms with Crippen LogP contribution in [0, 0.1) is 20.8 Å². The predicted molar refractivity (Wildman–Crippen MR) is 158 cm³/mol. The number of ether oxygens (including phenoxy) is 1. The maximum atomic E-state index is 14.2. The summed E-state index contributed by atoms with van der Waals surface area (Å²) >= 11 is 0. The molecule has 2 aromatic heterocycles. The number of anilines is 3. The highest BCUT2D eigenvalue weighted by molar-refractivity contribution is 6.01. The maximum Gasteiger partial charge on any atom is 0.417 e. The van der Waals surface area contributed by atoms with Crippen LogP contribution >= 0.6 is 0 Å². The SMILES string of the molecule is Cc1cc(Nc2cc(-c3c(C(N)=O)ccc(C)c3C(F)(F)F)ccc2C)n(-c2cc(NCCN3CCOCC3)ncn2)n1. The molecule has 1 fully saturated rings. The quantitative estimate of drug-likeness (QED) is 0.251. The van der Waals surface area contributed by atoms with E-state index in [1.165, 1.54) is 25.4 Å². The van der Waals surface area contributed by atoms with Gasteiger partial charge in [-0.05, 0) is 49.6 Å². The highest BCUT2D eigenvalue weighted by Gasteiger charge is 2.37. The number of benzene rings is 2. The summed E-state index contributed by atoms with van der Waals surface area (Å²) in [7, 11) is 0. The number of nitrogens with zero attached hydrogens (tertiary/aromatic N) is 5. The Morgan fingerprint density at radius 2 is 1.77 bits per heavy atom. The zero-order valence-corrected chi connectivity index (χ0v) is 24.1. The number of amides is 1. The second kappa shape index (κ2) is 12.4. The number of aryl methyl sites for hydroxylation is 3. The lowest BCUT2D eigenvalue weighted by molar-refractivity contribution is -0.137. The third-order valence-corrected chi connectivity index (χ3v) is 7.29. The first-order valence-electron chi connectivity index (χ1n) is 13.8. The molecule has 3 heterocycles. The van der Waals surface area contributed by atoms with Gasteiger partial charge in [-0.25, -0.2) is 9.97 Å². The molecule has 0 saturated carbocycles. The Morgan fingerprint density at radius 1 is 1.02 bits per heavy atom. The van der Waals surface area contributed by atoms with E-state index in [4.69, 9.17) is 10.5 Å². The van der Waals surface area contributed by atoms with E-state index >= 15 is 0 Å². The van der Waals surface area contributed by atoms with Gasteiger partial charge >= 0.3 is 6.18 Å². The lowest BCUT2D eigenvalue weighted by Crippen LogP contribution is -2.39. The largest absolute Gasteiger partial charge is 0.417 e. The van der Waals surface area contributed by atoms with Crippen molar-refractivity contribution in [3.63, 3.8) is 0 Å². The minimum Gasteiger partial charge on any atom is -0.379 e. The van der Waals surface area contributed by atoms with Gasteiger partial charge in [0.15, 0.2) is 5.82 Å². The van der Waals surface area contributed by atoms with Gasteiger partial charge in [0.1, 0.15) is 18.0 Å². The average molecular weight is 595 g/mol. The molecule has 1 saturated heterocycles. The normalized spacial score (nSPS) is 14.1. The molecule has 2 aromatic carbocycles. The minimum atomic E-state index is -4.69. The molecule has 1 amide bonds. The number of rotatable bonds is 9. The molecule has 4 aromatic rings. The fraction of sp³-hybridized carbons (Fsp3) is 0.333. The molecule has 0 radical (unpaired) electrons. The van der Waals surface area contributed by atoms with Crippen molar-refractivity contribution in [3.8, 4) is 16.9 Å². The molecular formula is C30H33F3N8O2. The molecule has 226 valence electrons. The molecule has 0 atom stereocenters. The number of hydrogen-bond donors (Lipinski definition) is 3. The zero-order valence-electron chi connectivity index (χ0n) is 24.1. The number of primary amides is 1. The number of nitrogens with two attached hydrogens (primary N) is 1. The standard InChI is InChI=1S/C30H33F3N8O2/c1-18-4-6-21(27-22(29(34)42)7-5-19(2)28(27)30(31,32)33)15-23(18)38-26-14-20(3)39-41(26)25-16-24(36-17-37-25)35-8-9-40-10-12-43-13-11-40/h4-7,14-17,38H,8-13H2,1-3H3,(H2,34,42)(H,35,36,37). The summed E-state index contributed by atoms with van der Waals surface area (Å²) in [6.45, 7) is 9.81. The molecule has 1 aliphatic heterocycles. The molecule has 0 unspecified atom stereocenters. The Morgan fingerprint density at radius 3 is 2.49 bits per heavy atom. The third kappa shape index (κ3) is 6.78. The fourth-order valence-electron chi connectivity index (χ4n) is 5.12. The Balaban J connectivity index is 1.45. The van der Waals surface area contributed by atoms with Gasteiger partial charge in [0, 0.05) is 55.1 Å². The van der Waals surface area contributed by atoms with Crippen LogP contribution < -0.4 is 16.4 Å². The number of hydrogen-bond acceptors (Lipinski definition) is 8. The average Bonchev–Trinajstić information content (AvgIpc) is 3.33. The third-order valence-electron chi connectivity index (χ3n) is 7.29. The van der Waals surface area contributed by atoms with E-state index < -0.39 is 17.6 Å². The lowest BCUT2D eigenvalue weighted by Gasteiger charge is -2.26. The first-order valence-corrected chi connectivity index (χ1v) is 13.8. The zero-order chi connectivity index (χ0) is 30.7. The van der Waals surface area contributed by atoms with Gasteiger partial charge in [-0.1, -0.05) is 18.2 Å². The number of morpholine rings is 1. The summed E-state index contributed by atoms with van der Waals surface area (Å²) in [5.74, 6) is 0.740. The molecule has 43 heavy (non-hydrogen) atoms. The van der Waals surface area contributed by atoms with E-state index in [0.717, 1.165) is 38.4 Å². The van der Waals surface area contributed by atoms with Crippen LogP contribution in [-0.2, 0) is 10.9 Å². The maximum absolute atomic E-state index is 14.2. The predicted octanol–water partition coefficient (Wildman–Crippen LogP) is 4.86. The molecular weight excluding hydrogens is 561 g/mol. The highest BCUT2D eigenvalue weighted by Crippen LogP contribution is 2.42. The van der Waals surface area contributed by atoms with Crippen LogP contribution in [0.15, 0.2) is 48.8 Å². The summed E-state index contributed by atoms with van der Waals surface area (Å²) in [5.41, 5.74) is 6.36. The molecule has 1 aliphatic rings. The van der Waals surface area contributed by atoms with Crippen molar-refractivity contribution in [1.82, 2.24) is 24.6 Å². The Labute approximate surface area is 247 Å². The number of aromatic nitrogens is 4. The van der Waals surface area contributed by atoms with Crippen molar-refractivity contribution < 1.29 is 22.7 Å². The monoisotopic (exact) mass is 594 g/mol. The second-order valence-electron chi connectivity index (χ2n) is 10.4. The Bertz CT molecular complexity index is 1630. The summed E-state index contributed by atoms with van der Waals surface area (Å²) in [6, 6.07) is 11.0. The summed E-state index contributed by atoms with van der Waals surface area (Å²) < 4.78 is 49.6. The number of nitrogens with one attached hydrogen (secondary N) is 2. The van der Waals surface area contributed by atoms with Crippen LogP contribution in [0.4, 0.5) is 30.5 Å². The van der Waals surface area contributed by atoms with Crippen molar-refractivity contribution >= 4 is 23.2 Å². The molecule has 0 aliphatic carbocycles. The minimum absolute atomic E-state index is 0.00518. The van der Waals surface area contributed by atoms with Gasteiger partial charge in [0.25, 0.3) is 0 Å². The summed E-state index contributed by atoms with van der Waals surface area (Å²) in [6.07, 6.45) is -3.25. The van der Waals surface area contributed by atoms with E-state index in [1.807, 2.05) is 19.9 Å². The van der Waals surface area contributed by atoms with Crippen LogP contribution in [0.5, 0.6) is 0 Å². The first-order chi connectivity index (χ1) is 20.5. The molecule has 13 heteroatoms. The van der Waals surface area contributed by atoms with Crippen LogP contribution in [-0.4, -0.2) is 69.9 Å². The van der Waals surface area contributed by atoms with E-state index in [9.17, 15) is 18.0 Å². The lowest BCUT2D eigenvalue weighted by atomic mass is 9.89. The van der Waals surface area contributed by atoms with Gasteiger partial charge in [-0.15, -0.1) is 0 Å². The van der Waals surface area contributed by atoms with Crippen LogP contribution in [0.3, 0.4) is 0 Å². The molecule has 5 rings (SSSR count). The summed E-state index contributed by atoms with van der Waals surface area (Å²) in [4.78, 5) is 23.2. The number of carbonyl (C=O) groups is 1. The van der Waals surface area contributed by atoms with Gasteiger partial charge < -0.3 is 21.1 Å². The van der Waals surface area contributed by atoms with Gasteiger partial charge in [-0.3, -0.25) is 9.69 Å². The van der Waals surface area contributed by atoms with Crippen molar-refractivity contribution in [2.24, 2.45) is 5.73 Å². The molecule has 0 spiro atoms. The fourth-order valence-corrected chi connectivity index (χ4v) is 5.12. The summed E-state index contributed by atoms with van der Waals surface area (Å²) in [5, 5.41) is 11.2. The van der Waals surface area contributed by atoms with Crippen molar-refractivity contribution in [2.75, 3.05) is 50.0 Å². The van der Waals surface area contributed by atoms with Crippen LogP contribution in [0.2, 0.25) is 0 Å². The number of alkyl halides is 3. The van der Waals surface area contributed by atoms with Crippen molar-refractivity contribution in [1.29, 1.82) is 0 Å². The molecule has 0 bridgehead atoms. The second-order valence-corrected chi connectivity index (χ2v) is 10.4. The van der Waals surface area contributed by atoms with E-state index in [-0.39, 0.29) is 22.3 Å². The number of halogens is 3. The topological polar surface area (TPSA) is 123 Å². The van der Waals surface area contributed by atoms with Crippen molar-refractivity contribution in [2.45, 2.75) is 26.9 Å². The molecule has 4 N–H and O–H groups in total. The van der Waals surface area contributed by atoms with Crippen LogP contribution in [0.25, 0.3) is 16.9 Å². The van der Waals surface area contributed by atoms with Gasteiger partial charge in [0.2, 0.25) is 5.91 Å². The Kier molecular flexibility index (Phi) is 8.64. The highest BCUT2D eigenvalue weighted by atomic mass is 19.4. The smallest absolute Gasteiger partial charge is 0.379 e. The number of carbonyl (C=O) groups excluding carboxylic acids is 1. The first kappa shape index (κ1) is 30.0. The van der Waals surface area contributed by atoms with E-state index in [2.05, 4.69) is 30.6 Å². The Hall–Kier alpha value is -4.49. The molecule has 10 nitrogen and oxygen atoms in total. The van der Waals surface area contributed by atoms with Gasteiger partial charge in [-0.2, -0.15) is 23.0 Å². The van der Waals surface area contributed by atoms with E-state index in [1.54, 1.807) is 28.9 Å².